The number of halogens is 1. The molecule has 0 aliphatic carbocycles. The largest absolute Gasteiger partial charge is 0.481 e. The molecule has 0 aliphatic heterocycles. The van der Waals surface area contributed by atoms with Crippen molar-refractivity contribution < 1.29 is 14.3 Å². The standard InChI is InChI=1S/C15H13FO2/c1-10(15(17)18)13-7-2-3-8-14(13)11-5-4-6-12(16)9-11/h2-10H,1H3,(H,17,18). The predicted octanol–water partition coefficient (Wildman–Crippen LogP) is 3.68. The number of benzene rings is 2. The second-order valence-electron chi connectivity index (χ2n) is 4.16. The molecule has 0 saturated heterocycles. The summed E-state index contributed by atoms with van der Waals surface area (Å²) in [7, 11) is 0. The zero-order chi connectivity index (χ0) is 13.1. The molecule has 0 bridgehead atoms. The van der Waals surface area contributed by atoms with Gasteiger partial charge in [-0.05, 0) is 35.7 Å². The van der Waals surface area contributed by atoms with Crippen molar-refractivity contribution in [3.63, 3.8) is 0 Å². The fourth-order valence-corrected chi connectivity index (χ4v) is 1.93. The van der Waals surface area contributed by atoms with E-state index < -0.39 is 11.9 Å². The highest BCUT2D eigenvalue weighted by Gasteiger charge is 2.17. The predicted molar refractivity (Wildman–Crippen MR) is 67.9 cm³/mol. The highest BCUT2D eigenvalue weighted by atomic mass is 19.1. The Morgan fingerprint density at radius 1 is 1.17 bits per heavy atom. The van der Waals surface area contributed by atoms with E-state index in [1.165, 1.54) is 12.1 Å². The van der Waals surface area contributed by atoms with Crippen molar-refractivity contribution in [2.45, 2.75) is 12.8 Å². The van der Waals surface area contributed by atoms with Gasteiger partial charge in [0.15, 0.2) is 0 Å². The van der Waals surface area contributed by atoms with Gasteiger partial charge in [-0.25, -0.2) is 4.39 Å². The van der Waals surface area contributed by atoms with Crippen LogP contribution in [0.5, 0.6) is 0 Å². The van der Waals surface area contributed by atoms with E-state index in [0.29, 0.717) is 11.1 Å². The SMILES string of the molecule is CC(C(=O)O)c1ccccc1-c1cccc(F)c1. The Hall–Kier alpha value is -2.16. The van der Waals surface area contributed by atoms with Crippen LogP contribution in [0.4, 0.5) is 4.39 Å². The zero-order valence-corrected chi connectivity index (χ0v) is 9.93. The van der Waals surface area contributed by atoms with Gasteiger partial charge < -0.3 is 5.11 Å². The summed E-state index contributed by atoms with van der Waals surface area (Å²) in [6, 6.07) is 13.3. The minimum atomic E-state index is -0.890. The van der Waals surface area contributed by atoms with E-state index in [2.05, 4.69) is 0 Å². The minimum absolute atomic E-state index is 0.328. The van der Waals surface area contributed by atoms with Crippen LogP contribution in [0.3, 0.4) is 0 Å². The van der Waals surface area contributed by atoms with Gasteiger partial charge in [0, 0.05) is 0 Å². The monoisotopic (exact) mass is 244 g/mol. The van der Waals surface area contributed by atoms with E-state index in [9.17, 15) is 9.18 Å². The maximum atomic E-state index is 13.2. The highest BCUT2D eigenvalue weighted by Crippen LogP contribution is 2.29. The molecular formula is C15H13FO2. The van der Waals surface area contributed by atoms with Crippen LogP contribution in [0.15, 0.2) is 48.5 Å². The average Bonchev–Trinajstić information content (AvgIpc) is 2.38. The molecule has 3 heteroatoms. The number of carboxylic acid groups (broad SMARTS) is 1. The quantitative estimate of drug-likeness (QED) is 0.894. The Balaban J connectivity index is 2.55. The van der Waals surface area contributed by atoms with Crippen LogP contribution in [0.1, 0.15) is 18.4 Å². The van der Waals surface area contributed by atoms with Gasteiger partial charge in [-0.15, -0.1) is 0 Å². The molecule has 1 unspecified atom stereocenters. The Labute approximate surface area is 105 Å². The van der Waals surface area contributed by atoms with Gasteiger partial charge in [0.25, 0.3) is 0 Å². The van der Waals surface area contributed by atoms with Crippen molar-refractivity contribution in [1.29, 1.82) is 0 Å². The molecule has 18 heavy (non-hydrogen) atoms. The molecule has 0 fully saturated rings. The summed E-state index contributed by atoms with van der Waals surface area (Å²) >= 11 is 0. The fraction of sp³-hybridized carbons (Fsp3) is 0.133. The molecule has 0 aliphatic rings. The van der Waals surface area contributed by atoms with Crippen LogP contribution in [-0.2, 0) is 4.79 Å². The summed E-state index contributed by atoms with van der Waals surface area (Å²) in [5.41, 5.74) is 2.14. The van der Waals surface area contributed by atoms with Crippen molar-refractivity contribution in [3.8, 4) is 11.1 Å². The lowest BCUT2D eigenvalue weighted by Crippen LogP contribution is -2.08. The van der Waals surface area contributed by atoms with E-state index in [0.717, 1.165) is 5.56 Å². The molecule has 2 nitrogen and oxygen atoms in total. The summed E-state index contributed by atoms with van der Waals surface area (Å²) in [5, 5.41) is 9.09. The summed E-state index contributed by atoms with van der Waals surface area (Å²) in [6.07, 6.45) is 0. The smallest absolute Gasteiger partial charge is 0.310 e. The number of aliphatic carboxylic acids is 1. The molecule has 2 aromatic rings. The molecule has 0 amide bonds. The van der Waals surface area contributed by atoms with Gasteiger partial charge in [-0.1, -0.05) is 36.4 Å². The molecule has 0 heterocycles. The molecule has 0 radical (unpaired) electrons. The third-order valence-electron chi connectivity index (χ3n) is 2.93. The van der Waals surface area contributed by atoms with Crippen LogP contribution in [-0.4, -0.2) is 11.1 Å². The number of carbonyl (C=O) groups is 1. The third-order valence-corrected chi connectivity index (χ3v) is 2.93. The maximum Gasteiger partial charge on any atom is 0.310 e. The van der Waals surface area contributed by atoms with E-state index in [4.69, 9.17) is 5.11 Å². The molecular weight excluding hydrogens is 231 g/mol. The molecule has 2 aromatic carbocycles. The van der Waals surface area contributed by atoms with Crippen molar-refractivity contribution in [1.82, 2.24) is 0 Å². The highest BCUT2D eigenvalue weighted by molar-refractivity contribution is 5.80. The molecule has 92 valence electrons. The van der Waals surface area contributed by atoms with Gasteiger partial charge in [0.05, 0.1) is 5.92 Å². The topological polar surface area (TPSA) is 37.3 Å². The van der Waals surface area contributed by atoms with Crippen molar-refractivity contribution in [2.75, 3.05) is 0 Å². The van der Waals surface area contributed by atoms with Gasteiger partial charge in [0.1, 0.15) is 5.82 Å². The zero-order valence-electron chi connectivity index (χ0n) is 9.93. The Kier molecular flexibility index (Phi) is 3.42. The average molecular weight is 244 g/mol. The first-order valence-corrected chi connectivity index (χ1v) is 5.67. The first-order chi connectivity index (χ1) is 8.59. The molecule has 1 atom stereocenters. The molecule has 2 rings (SSSR count). The summed E-state index contributed by atoms with van der Waals surface area (Å²) in [6.45, 7) is 1.63. The molecule has 1 N–H and O–H groups in total. The lowest BCUT2D eigenvalue weighted by Gasteiger charge is -2.13. The maximum absolute atomic E-state index is 13.2. The van der Waals surface area contributed by atoms with Crippen molar-refractivity contribution in [2.24, 2.45) is 0 Å². The van der Waals surface area contributed by atoms with E-state index in [1.54, 1.807) is 31.2 Å². The number of rotatable bonds is 3. The lowest BCUT2D eigenvalue weighted by molar-refractivity contribution is -0.138. The normalized spacial score (nSPS) is 12.1. The molecule has 0 spiro atoms. The number of hydrogen-bond donors (Lipinski definition) is 1. The second kappa shape index (κ2) is 5.00. The molecule has 0 saturated carbocycles. The first kappa shape index (κ1) is 12.3. The van der Waals surface area contributed by atoms with E-state index >= 15 is 0 Å². The van der Waals surface area contributed by atoms with Crippen LogP contribution in [0.25, 0.3) is 11.1 Å². The van der Waals surface area contributed by atoms with Gasteiger partial charge in [0.2, 0.25) is 0 Å². The van der Waals surface area contributed by atoms with E-state index in [-0.39, 0.29) is 5.82 Å². The van der Waals surface area contributed by atoms with Gasteiger partial charge in [-0.3, -0.25) is 4.79 Å². The van der Waals surface area contributed by atoms with Crippen LogP contribution >= 0.6 is 0 Å². The van der Waals surface area contributed by atoms with Gasteiger partial charge >= 0.3 is 5.97 Å². The summed E-state index contributed by atoms with van der Waals surface area (Å²) in [5.74, 6) is -1.84. The van der Waals surface area contributed by atoms with E-state index in [1.807, 2.05) is 12.1 Å². The first-order valence-electron chi connectivity index (χ1n) is 5.67. The minimum Gasteiger partial charge on any atom is -0.481 e. The number of carboxylic acids is 1. The lowest BCUT2D eigenvalue weighted by atomic mass is 9.92. The van der Waals surface area contributed by atoms with Crippen LogP contribution in [0, 0.1) is 5.82 Å². The summed E-state index contributed by atoms with van der Waals surface area (Å²) < 4.78 is 13.2. The summed E-state index contributed by atoms with van der Waals surface area (Å²) in [4.78, 5) is 11.1. The van der Waals surface area contributed by atoms with Crippen LogP contribution < -0.4 is 0 Å². The van der Waals surface area contributed by atoms with Crippen LogP contribution in [0.2, 0.25) is 0 Å². The number of hydrogen-bond acceptors (Lipinski definition) is 1. The molecule has 0 aromatic heterocycles. The van der Waals surface area contributed by atoms with Gasteiger partial charge in [-0.2, -0.15) is 0 Å². The van der Waals surface area contributed by atoms with Crippen molar-refractivity contribution in [3.05, 3.63) is 59.9 Å². The second-order valence-corrected chi connectivity index (χ2v) is 4.16. The Morgan fingerprint density at radius 2 is 1.89 bits per heavy atom. The Bertz CT molecular complexity index is 578. The fourth-order valence-electron chi connectivity index (χ4n) is 1.93. The third kappa shape index (κ3) is 2.40. The Morgan fingerprint density at radius 3 is 2.56 bits per heavy atom. The van der Waals surface area contributed by atoms with Crippen molar-refractivity contribution >= 4 is 5.97 Å².